The predicted octanol–water partition coefficient (Wildman–Crippen LogP) is 1.83. The summed E-state index contributed by atoms with van der Waals surface area (Å²) in [7, 11) is 0. The Morgan fingerprint density at radius 2 is 2.24 bits per heavy atom. The van der Waals surface area contributed by atoms with Crippen molar-refractivity contribution in [1.29, 1.82) is 0 Å². The molecule has 1 aliphatic heterocycles. The first kappa shape index (κ1) is 14.2. The maximum atomic E-state index is 12.0. The van der Waals surface area contributed by atoms with Crippen molar-refractivity contribution in [2.75, 3.05) is 11.5 Å². The molecule has 1 atom stereocenters. The molecule has 1 amide bonds. The van der Waals surface area contributed by atoms with Crippen molar-refractivity contribution in [1.82, 2.24) is 10.3 Å². The molecule has 0 spiro atoms. The fourth-order valence-corrected chi connectivity index (χ4v) is 3.42. The van der Waals surface area contributed by atoms with E-state index in [4.69, 9.17) is 4.42 Å². The number of carbonyl (C=O) groups is 1. The molecule has 3 rings (SSSR count). The molecule has 0 bridgehead atoms. The molecule has 2 aromatic rings. The van der Waals surface area contributed by atoms with Gasteiger partial charge in [0.05, 0.1) is 12.7 Å². The fraction of sp³-hybridized carbons (Fsp3) is 0.333. The van der Waals surface area contributed by atoms with Crippen LogP contribution in [0.25, 0.3) is 11.3 Å². The molecule has 21 heavy (non-hydrogen) atoms. The highest BCUT2D eigenvalue weighted by Crippen LogP contribution is 2.28. The lowest BCUT2D eigenvalue weighted by Gasteiger charge is -2.19. The third kappa shape index (κ3) is 3.11. The zero-order valence-corrected chi connectivity index (χ0v) is 12.2. The molecule has 1 fully saturated rings. The van der Waals surface area contributed by atoms with Gasteiger partial charge in [-0.2, -0.15) is 11.8 Å². The van der Waals surface area contributed by atoms with Crippen LogP contribution in [0.15, 0.2) is 40.9 Å². The Balaban J connectivity index is 1.62. The minimum atomic E-state index is -1.25. The predicted molar refractivity (Wildman–Crippen MR) is 80.7 cm³/mol. The van der Waals surface area contributed by atoms with Crippen LogP contribution in [0.2, 0.25) is 0 Å². The highest BCUT2D eigenvalue weighted by molar-refractivity contribution is 7.99. The lowest BCUT2D eigenvalue weighted by atomic mass is 10.0. The Labute approximate surface area is 126 Å². The van der Waals surface area contributed by atoms with E-state index >= 15 is 0 Å². The van der Waals surface area contributed by atoms with Gasteiger partial charge in [-0.05, 0) is 12.2 Å². The summed E-state index contributed by atoms with van der Waals surface area (Å²) in [6.45, 7) is 0.179. The SMILES string of the molecule is O=C(NCc1ncc(-c2ccccc2)o1)C1(O)CCSC1. The molecule has 1 unspecified atom stereocenters. The average Bonchev–Trinajstić information content (AvgIpc) is 3.15. The van der Waals surface area contributed by atoms with Crippen LogP contribution >= 0.6 is 11.8 Å². The fourth-order valence-electron chi connectivity index (χ4n) is 2.18. The van der Waals surface area contributed by atoms with Crippen LogP contribution in [0.1, 0.15) is 12.3 Å². The van der Waals surface area contributed by atoms with Gasteiger partial charge in [-0.25, -0.2) is 4.98 Å². The molecular formula is C15H16N2O3S. The molecule has 5 nitrogen and oxygen atoms in total. The zero-order valence-electron chi connectivity index (χ0n) is 11.4. The minimum Gasteiger partial charge on any atom is -0.439 e. The highest BCUT2D eigenvalue weighted by atomic mass is 32.2. The van der Waals surface area contributed by atoms with Gasteiger partial charge in [-0.1, -0.05) is 30.3 Å². The second kappa shape index (κ2) is 5.91. The second-order valence-corrected chi connectivity index (χ2v) is 6.11. The largest absolute Gasteiger partial charge is 0.439 e. The summed E-state index contributed by atoms with van der Waals surface area (Å²) >= 11 is 1.58. The zero-order chi connectivity index (χ0) is 14.7. The molecule has 1 aromatic carbocycles. The topological polar surface area (TPSA) is 75.4 Å². The normalized spacial score (nSPS) is 21.4. The van der Waals surface area contributed by atoms with Crippen molar-refractivity contribution < 1.29 is 14.3 Å². The van der Waals surface area contributed by atoms with E-state index in [0.717, 1.165) is 11.3 Å². The smallest absolute Gasteiger partial charge is 0.253 e. The Morgan fingerprint density at radius 1 is 1.43 bits per heavy atom. The number of hydrogen-bond donors (Lipinski definition) is 2. The number of oxazole rings is 1. The van der Waals surface area contributed by atoms with Gasteiger partial charge in [0.15, 0.2) is 11.4 Å². The third-order valence-corrected chi connectivity index (χ3v) is 4.61. The monoisotopic (exact) mass is 304 g/mol. The van der Waals surface area contributed by atoms with Crippen molar-refractivity contribution in [2.24, 2.45) is 0 Å². The quantitative estimate of drug-likeness (QED) is 0.901. The first-order valence-corrected chi connectivity index (χ1v) is 7.91. The van der Waals surface area contributed by atoms with Gasteiger partial charge >= 0.3 is 0 Å². The Kier molecular flexibility index (Phi) is 3.98. The summed E-state index contributed by atoms with van der Waals surface area (Å²) in [6.07, 6.45) is 2.13. The summed E-state index contributed by atoms with van der Waals surface area (Å²) in [5, 5.41) is 12.8. The summed E-state index contributed by atoms with van der Waals surface area (Å²) in [5.41, 5.74) is -0.312. The van der Waals surface area contributed by atoms with Gasteiger partial charge in [-0.15, -0.1) is 0 Å². The van der Waals surface area contributed by atoms with Crippen LogP contribution in [0.4, 0.5) is 0 Å². The van der Waals surface area contributed by atoms with Crippen LogP contribution < -0.4 is 5.32 Å². The number of carbonyl (C=O) groups excluding carboxylic acids is 1. The van der Waals surface area contributed by atoms with E-state index in [9.17, 15) is 9.90 Å². The summed E-state index contributed by atoms with van der Waals surface area (Å²) in [4.78, 5) is 16.1. The Hall–Kier alpha value is -1.79. The maximum Gasteiger partial charge on any atom is 0.253 e. The van der Waals surface area contributed by atoms with E-state index in [0.29, 0.717) is 23.8 Å². The summed E-state index contributed by atoms with van der Waals surface area (Å²) in [5.74, 6) is 1.99. The first-order chi connectivity index (χ1) is 10.2. The van der Waals surface area contributed by atoms with Gasteiger partial charge in [0.2, 0.25) is 5.89 Å². The maximum absolute atomic E-state index is 12.0. The molecule has 1 saturated heterocycles. The lowest BCUT2D eigenvalue weighted by Crippen LogP contribution is -2.46. The van der Waals surface area contributed by atoms with Gasteiger partial charge in [0.1, 0.15) is 0 Å². The molecule has 110 valence electrons. The molecule has 0 radical (unpaired) electrons. The van der Waals surface area contributed by atoms with Gasteiger partial charge in [-0.3, -0.25) is 4.79 Å². The van der Waals surface area contributed by atoms with Crippen LogP contribution in [0, 0.1) is 0 Å². The van der Waals surface area contributed by atoms with Gasteiger partial charge in [0.25, 0.3) is 5.91 Å². The number of aromatic nitrogens is 1. The van der Waals surface area contributed by atoms with Crippen LogP contribution in [-0.4, -0.2) is 33.1 Å². The van der Waals surface area contributed by atoms with Crippen LogP contribution in [0.3, 0.4) is 0 Å². The van der Waals surface area contributed by atoms with Gasteiger partial charge < -0.3 is 14.8 Å². The number of nitrogens with one attached hydrogen (secondary N) is 1. The molecule has 6 heteroatoms. The van der Waals surface area contributed by atoms with Crippen molar-refractivity contribution in [3.05, 3.63) is 42.4 Å². The van der Waals surface area contributed by atoms with E-state index in [1.54, 1.807) is 18.0 Å². The highest BCUT2D eigenvalue weighted by Gasteiger charge is 2.39. The number of rotatable bonds is 4. The van der Waals surface area contributed by atoms with E-state index in [-0.39, 0.29) is 12.5 Å². The molecule has 1 aromatic heterocycles. The number of benzene rings is 1. The Bertz CT molecular complexity index is 621. The number of hydrogen-bond acceptors (Lipinski definition) is 5. The van der Waals surface area contributed by atoms with E-state index < -0.39 is 5.60 Å². The summed E-state index contributed by atoms with van der Waals surface area (Å²) in [6, 6.07) is 9.64. The molecular weight excluding hydrogens is 288 g/mol. The number of thioether (sulfide) groups is 1. The number of amides is 1. The average molecular weight is 304 g/mol. The number of nitrogens with zero attached hydrogens (tertiary/aromatic N) is 1. The number of aliphatic hydroxyl groups is 1. The summed E-state index contributed by atoms with van der Waals surface area (Å²) < 4.78 is 5.60. The van der Waals surface area contributed by atoms with Crippen LogP contribution in [0.5, 0.6) is 0 Å². The molecule has 1 aliphatic rings. The molecule has 2 heterocycles. The standard InChI is InChI=1S/C15H16N2O3S/c18-14(15(19)6-7-21-10-15)17-9-13-16-8-12(20-13)11-4-2-1-3-5-11/h1-5,8,19H,6-7,9-10H2,(H,17,18). The van der Waals surface area contributed by atoms with Crippen molar-refractivity contribution in [2.45, 2.75) is 18.6 Å². The second-order valence-electron chi connectivity index (χ2n) is 5.00. The van der Waals surface area contributed by atoms with E-state index in [1.807, 2.05) is 30.3 Å². The van der Waals surface area contributed by atoms with Crippen molar-refractivity contribution >= 4 is 17.7 Å². The Morgan fingerprint density at radius 3 is 2.95 bits per heavy atom. The molecule has 0 aliphatic carbocycles. The molecule has 0 saturated carbocycles. The first-order valence-electron chi connectivity index (χ1n) is 6.76. The van der Waals surface area contributed by atoms with Crippen molar-refractivity contribution in [3.8, 4) is 11.3 Å². The lowest BCUT2D eigenvalue weighted by molar-refractivity contribution is -0.137. The van der Waals surface area contributed by atoms with E-state index in [1.165, 1.54) is 0 Å². The van der Waals surface area contributed by atoms with Crippen LogP contribution in [-0.2, 0) is 11.3 Å². The minimum absolute atomic E-state index is 0.179. The van der Waals surface area contributed by atoms with E-state index in [2.05, 4.69) is 10.3 Å². The van der Waals surface area contributed by atoms with Crippen molar-refractivity contribution in [3.63, 3.8) is 0 Å². The third-order valence-electron chi connectivity index (χ3n) is 3.44. The van der Waals surface area contributed by atoms with Gasteiger partial charge in [0, 0.05) is 11.3 Å². The molecule has 2 N–H and O–H groups in total.